The molecule has 1 aromatic heterocycles. The average Bonchev–Trinajstić information content (AvgIpc) is 1.94. The third kappa shape index (κ3) is 1.45. The van der Waals surface area contributed by atoms with E-state index in [2.05, 4.69) is 27.6 Å². The van der Waals surface area contributed by atoms with Gasteiger partial charge in [0.25, 0.3) is 0 Å². The van der Waals surface area contributed by atoms with Crippen molar-refractivity contribution in [3.63, 3.8) is 0 Å². The van der Waals surface area contributed by atoms with Crippen LogP contribution in [0.2, 0.25) is 0 Å². The summed E-state index contributed by atoms with van der Waals surface area (Å²) in [5, 5.41) is 8.53. The average molecular weight is 244 g/mol. The number of hydrogen-bond donors (Lipinski definition) is 0. The van der Waals surface area contributed by atoms with E-state index in [1.807, 2.05) is 25.1 Å². The zero-order valence-electron chi connectivity index (χ0n) is 5.43. The Balaban J connectivity index is 3.25. The highest BCUT2D eigenvalue weighted by Gasteiger charge is 1.96. The van der Waals surface area contributed by atoms with Crippen LogP contribution in [0.5, 0.6) is 0 Å². The van der Waals surface area contributed by atoms with Gasteiger partial charge < -0.3 is 0 Å². The molecule has 0 unspecified atom stereocenters. The molecule has 3 heteroatoms. The second-order valence-corrected chi connectivity index (χ2v) is 3.02. The van der Waals surface area contributed by atoms with Crippen molar-refractivity contribution in [2.24, 2.45) is 0 Å². The fraction of sp³-hybridized carbons (Fsp3) is 0.143. The number of nitrogens with zero attached hydrogens (tertiary/aromatic N) is 2. The molecule has 1 heterocycles. The van der Waals surface area contributed by atoms with E-state index in [0.29, 0.717) is 5.69 Å². The summed E-state index contributed by atoms with van der Waals surface area (Å²) in [6.45, 7) is 1.88. The molecular weight excluding hydrogens is 239 g/mol. The van der Waals surface area contributed by atoms with E-state index in [1.165, 1.54) is 0 Å². The van der Waals surface area contributed by atoms with Crippen LogP contribution in [0.25, 0.3) is 0 Å². The van der Waals surface area contributed by atoms with E-state index in [1.54, 1.807) is 0 Å². The molecule has 50 valence electrons. The van der Waals surface area contributed by atoms with Gasteiger partial charge in [0.1, 0.15) is 15.5 Å². The highest BCUT2D eigenvalue weighted by atomic mass is 127. The molecule has 0 spiro atoms. The van der Waals surface area contributed by atoms with Gasteiger partial charge >= 0.3 is 0 Å². The molecule has 0 aromatic carbocycles. The Hall–Kier alpha value is -0.630. The molecule has 1 rings (SSSR count). The largest absolute Gasteiger partial charge is 0.231 e. The van der Waals surface area contributed by atoms with Crippen LogP contribution in [-0.4, -0.2) is 4.98 Å². The molecule has 0 aliphatic heterocycles. The van der Waals surface area contributed by atoms with Crippen LogP contribution < -0.4 is 0 Å². The van der Waals surface area contributed by atoms with Crippen molar-refractivity contribution in [3.05, 3.63) is 27.1 Å². The van der Waals surface area contributed by atoms with Crippen molar-refractivity contribution in [2.45, 2.75) is 6.92 Å². The molecule has 0 bridgehead atoms. The van der Waals surface area contributed by atoms with Gasteiger partial charge in [-0.25, -0.2) is 4.98 Å². The summed E-state index contributed by atoms with van der Waals surface area (Å²) in [5.41, 5.74) is 1.45. The van der Waals surface area contributed by atoms with E-state index in [0.717, 1.165) is 9.26 Å². The molecule has 0 aliphatic rings. The summed E-state index contributed by atoms with van der Waals surface area (Å²) < 4.78 is 0.861. The van der Waals surface area contributed by atoms with Crippen molar-refractivity contribution in [1.82, 2.24) is 4.98 Å². The van der Waals surface area contributed by atoms with Gasteiger partial charge in [0.05, 0.1) is 0 Å². The fourth-order valence-corrected chi connectivity index (χ4v) is 1.04. The van der Waals surface area contributed by atoms with Gasteiger partial charge in [0, 0.05) is 0 Å². The van der Waals surface area contributed by atoms with Crippen LogP contribution in [0.1, 0.15) is 11.3 Å². The van der Waals surface area contributed by atoms with Gasteiger partial charge in [-0.1, -0.05) is 6.07 Å². The molecule has 10 heavy (non-hydrogen) atoms. The zero-order valence-corrected chi connectivity index (χ0v) is 7.58. The standard InChI is InChI=1S/C7H5IN2/c1-5-2-3-7(8)10-6(5)4-9/h2-3H,1H3. The van der Waals surface area contributed by atoms with Crippen molar-refractivity contribution in [3.8, 4) is 6.07 Å². The molecule has 0 fully saturated rings. The number of rotatable bonds is 0. The minimum atomic E-state index is 0.520. The highest BCUT2D eigenvalue weighted by molar-refractivity contribution is 14.1. The van der Waals surface area contributed by atoms with Crippen molar-refractivity contribution in [2.75, 3.05) is 0 Å². The summed E-state index contributed by atoms with van der Waals surface area (Å²) in [6.07, 6.45) is 0. The quantitative estimate of drug-likeness (QED) is 0.516. The maximum atomic E-state index is 8.53. The van der Waals surface area contributed by atoms with Gasteiger partial charge in [-0.3, -0.25) is 0 Å². The van der Waals surface area contributed by atoms with E-state index in [9.17, 15) is 0 Å². The number of hydrogen-bond acceptors (Lipinski definition) is 2. The Morgan fingerprint density at radius 1 is 1.60 bits per heavy atom. The van der Waals surface area contributed by atoms with Crippen LogP contribution >= 0.6 is 22.6 Å². The Morgan fingerprint density at radius 3 is 2.80 bits per heavy atom. The molecule has 0 radical (unpaired) electrons. The van der Waals surface area contributed by atoms with Crippen LogP contribution in [0, 0.1) is 22.0 Å². The lowest BCUT2D eigenvalue weighted by Crippen LogP contribution is -1.89. The normalized spacial score (nSPS) is 8.90. The van der Waals surface area contributed by atoms with E-state index in [-0.39, 0.29) is 0 Å². The Kier molecular flexibility index (Phi) is 2.22. The molecule has 0 saturated carbocycles. The number of aromatic nitrogens is 1. The molecule has 0 saturated heterocycles. The summed E-state index contributed by atoms with van der Waals surface area (Å²) in [5.74, 6) is 0. The first kappa shape index (κ1) is 7.48. The van der Waals surface area contributed by atoms with Crippen LogP contribution in [-0.2, 0) is 0 Å². The van der Waals surface area contributed by atoms with Crippen LogP contribution in [0.15, 0.2) is 12.1 Å². The third-order valence-corrected chi connectivity index (χ3v) is 1.77. The molecule has 1 aromatic rings. The van der Waals surface area contributed by atoms with E-state index in [4.69, 9.17) is 5.26 Å². The molecule has 2 nitrogen and oxygen atoms in total. The molecule has 0 aliphatic carbocycles. The van der Waals surface area contributed by atoms with Gasteiger partial charge in [0.15, 0.2) is 0 Å². The smallest absolute Gasteiger partial charge is 0.144 e. The Labute approximate surface area is 73.0 Å². The van der Waals surface area contributed by atoms with Gasteiger partial charge in [-0.05, 0) is 41.1 Å². The van der Waals surface area contributed by atoms with Crippen LogP contribution in [0.4, 0.5) is 0 Å². The molecular formula is C7H5IN2. The maximum absolute atomic E-state index is 8.53. The van der Waals surface area contributed by atoms with Gasteiger partial charge in [-0.15, -0.1) is 0 Å². The minimum Gasteiger partial charge on any atom is -0.231 e. The monoisotopic (exact) mass is 244 g/mol. The maximum Gasteiger partial charge on any atom is 0.144 e. The number of nitriles is 1. The summed E-state index contributed by atoms with van der Waals surface area (Å²) in [7, 11) is 0. The number of aryl methyl sites for hydroxylation is 1. The first-order valence-electron chi connectivity index (χ1n) is 2.77. The lowest BCUT2D eigenvalue weighted by atomic mass is 10.2. The number of pyridine rings is 1. The Morgan fingerprint density at radius 2 is 2.30 bits per heavy atom. The first-order valence-corrected chi connectivity index (χ1v) is 3.85. The highest BCUT2D eigenvalue weighted by Crippen LogP contribution is 2.06. The lowest BCUT2D eigenvalue weighted by molar-refractivity contribution is 1.18. The summed E-state index contributed by atoms with van der Waals surface area (Å²) in [4.78, 5) is 4.02. The van der Waals surface area contributed by atoms with Crippen molar-refractivity contribution >= 4 is 22.6 Å². The Bertz CT molecular complexity index is 288. The summed E-state index contributed by atoms with van der Waals surface area (Å²) >= 11 is 2.08. The SMILES string of the molecule is Cc1ccc(I)nc1C#N. The molecule has 0 amide bonds. The van der Waals surface area contributed by atoms with Crippen LogP contribution in [0.3, 0.4) is 0 Å². The van der Waals surface area contributed by atoms with Gasteiger partial charge in [-0.2, -0.15) is 5.26 Å². The third-order valence-electron chi connectivity index (χ3n) is 1.17. The predicted octanol–water partition coefficient (Wildman–Crippen LogP) is 1.87. The minimum absolute atomic E-state index is 0.520. The molecule has 0 N–H and O–H groups in total. The number of halogens is 1. The predicted molar refractivity (Wildman–Crippen MR) is 46.4 cm³/mol. The van der Waals surface area contributed by atoms with E-state index >= 15 is 0 Å². The topological polar surface area (TPSA) is 36.7 Å². The molecule has 0 atom stereocenters. The van der Waals surface area contributed by atoms with Gasteiger partial charge in [0.2, 0.25) is 0 Å². The summed E-state index contributed by atoms with van der Waals surface area (Å²) in [6, 6.07) is 5.80. The second-order valence-electron chi connectivity index (χ2n) is 1.91. The second kappa shape index (κ2) is 2.97. The lowest BCUT2D eigenvalue weighted by Gasteiger charge is -1.93. The zero-order chi connectivity index (χ0) is 7.56. The fourth-order valence-electron chi connectivity index (χ4n) is 0.618. The van der Waals surface area contributed by atoms with E-state index < -0.39 is 0 Å². The first-order chi connectivity index (χ1) is 4.74. The van der Waals surface area contributed by atoms with Crippen molar-refractivity contribution < 1.29 is 0 Å². The van der Waals surface area contributed by atoms with Crippen molar-refractivity contribution in [1.29, 1.82) is 5.26 Å².